The second kappa shape index (κ2) is 6.95. The molecule has 2 aromatic heterocycles. The molecule has 1 amide bonds. The van der Waals surface area contributed by atoms with Crippen molar-refractivity contribution >= 4 is 39.0 Å². The number of carbonyl (C=O) groups excluding carboxylic acids is 1. The summed E-state index contributed by atoms with van der Waals surface area (Å²) in [5, 5.41) is 6.57. The number of carbonyl (C=O) groups is 1. The molecule has 134 valence electrons. The average Bonchev–Trinajstić information content (AvgIpc) is 3.02. The fourth-order valence-corrected chi connectivity index (χ4v) is 4.40. The third kappa shape index (κ3) is 3.24. The Balaban J connectivity index is 1.50. The van der Waals surface area contributed by atoms with E-state index in [0.717, 1.165) is 41.6 Å². The maximum atomic E-state index is 13.2. The van der Waals surface area contributed by atoms with E-state index in [1.807, 2.05) is 0 Å². The van der Waals surface area contributed by atoms with Crippen molar-refractivity contribution in [2.75, 3.05) is 17.2 Å². The number of hydrogen-bond acceptors (Lipinski definition) is 5. The maximum Gasteiger partial charge on any atom is 0.243 e. The standard InChI is InChI=1S/C18H16F2N4OS/c19-12-6-5-10(7-13(12)20)24-15(25)8-21-17-16-11-3-1-2-4-14(11)26-18(16)23-9-22-17/h5-7,9H,1-4,8H2,(H,24,25)(H,21,22,23). The molecule has 0 aliphatic heterocycles. The fourth-order valence-electron chi connectivity index (χ4n) is 3.17. The Labute approximate surface area is 152 Å². The van der Waals surface area contributed by atoms with Crippen molar-refractivity contribution in [2.45, 2.75) is 25.7 Å². The molecule has 2 N–H and O–H groups in total. The van der Waals surface area contributed by atoms with Crippen LogP contribution in [0.5, 0.6) is 0 Å². The summed E-state index contributed by atoms with van der Waals surface area (Å²) in [5.41, 5.74) is 1.48. The normalized spacial score (nSPS) is 13.5. The molecule has 26 heavy (non-hydrogen) atoms. The van der Waals surface area contributed by atoms with Crippen LogP contribution >= 0.6 is 11.3 Å². The van der Waals surface area contributed by atoms with Crippen molar-refractivity contribution in [3.63, 3.8) is 0 Å². The Morgan fingerprint density at radius 1 is 1.15 bits per heavy atom. The van der Waals surface area contributed by atoms with Gasteiger partial charge in [-0.15, -0.1) is 11.3 Å². The van der Waals surface area contributed by atoms with E-state index in [2.05, 4.69) is 20.6 Å². The summed E-state index contributed by atoms with van der Waals surface area (Å²) in [6.45, 7) is -0.0320. The van der Waals surface area contributed by atoms with E-state index in [1.54, 1.807) is 11.3 Å². The molecule has 0 bridgehead atoms. The highest BCUT2D eigenvalue weighted by molar-refractivity contribution is 7.19. The van der Waals surface area contributed by atoms with E-state index in [-0.39, 0.29) is 18.1 Å². The van der Waals surface area contributed by atoms with Gasteiger partial charge in [0.2, 0.25) is 5.91 Å². The van der Waals surface area contributed by atoms with E-state index in [0.29, 0.717) is 5.82 Å². The summed E-state index contributed by atoms with van der Waals surface area (Å²) in [7, 11) is 0. The molecule has 2 heterocycles. The van der Waals surface area contributed by atoms with Crippen molar-refractivity contribution in [1.29, 1.82) is 0 Å². The van der Waals surface area contributed by atoms with E-state index in [4.69, 9.17) is 0 Å². The minimum atomic E-state index is -1.00. The van der Waals surface area contributed by atoms with Gasteiger partial charge in [-0.25, -0.2) is 18.7 Å². The highest BCUT2D eigenvalue weighted by Gasteiger charge is 2.20. The van der Waals surface area contributed by atoms with Crippen molar-refractivity contribution in [1.82, 2.24) is 9.97 Å². The molecule has 0 saturated carbocycles. The lowest BCUT2D eigenvalue weighted by molar-refractivity contribution is -0.114. The average molecular weight is 374 g/mol. The molecule has 1 aromatic carbocycles. The van der Waals surface area contributed by atoms with Crippen LogP contribution in [0.2, 0.25) is 0 Å². The first-order chi connectivity index (χ1) is 12.6. The minimum absolute atomic E-state index is 0.0320. The molecule has 0 unspecified atom stereocenters. The van der Waals surface area contributed by atoms with Gasteiger partial charge in [0.25, 0.3) is 0 Å². The summed E-state index contributed by atoms with van der Waals surface area (Å²) in [4.78, 5) is 23.0. The van der Waals surface area contributed by atoms with Gasteiger partial charge in [-0.3, -0.25) is 4.79 Å². The quantitative estimate of drug-likeness (QED) is 0.727. The van der Waals surface area contributed by atoms with Crippen LogP contribution in [0.25, 0.3) is 10.2 Å². The molecule has 0 atom stereocenters. The molecule has 1 aliphatic carbocycles. The number of fused-ring (bicyclic) bond motifs is 3. The van der Waals surface area contributed by atoms with Gasteiger partial charge in [0.15, 0.2) is 11.6 Å². The van der Waals surface area contributed by atoms with Crippen LogP contribution in [-0.4, -0.2) is 22.4 Å². The molecule has 5 nitrogen and oxygen atoms in total. The zero-order valence-corrected chi connectivity index (χ0v) is 14.6. The predicted octanol–water partition coefficient (Wildman–Crippen LogP) is 3.90. The number of rotatable bonds is 4. The maximum absolute atomic E-state index is 13.2. The molecular weight excluding hydrogens is 358 g/mol. The molecule has 0 spiro atoms. The Hall–Kier alpha value is -2.61. The molecule has 0 radical (unpaired) electrons. The molecule has 3 aromatic rings. The van der Waals surface area contributed by atoms with Crippen LogP contribution in [0.15, 0.2) is 24.5 Å². The van der Waals surface area contributed by atoms with Crippen LogP contribution in [0, 0.1) is 11.6 Å². The Morgan fingerprint density at radius 3 is 2.85 bits per heavy atom. The minimum Gasteiger partial charge on any atom is -0.360 e. The number of amides is 1. The van der Waals surface area contributed by atoms with Crippen molar-refractivity contribution in [3.8, 4) is 0 Å². The number of nitrogens with zero attached hydrogens (tertiary/aromatic N) is 2. The molecular formula is C18H16F2N4OS. The van der Waals surface area contributed by atoms with Crippen molar-refractivity contribution in [3.05, 3.63) is 46.6 Å². The lowest BCUT2D eigenvalue weighted by atomic mass is 9.97. The van der Waals surface area contributed by atoms with Gasteiger partial charge < -0.3 is 10.6 Å². The second-order valence-electron chi connectivity index (χ2n) is 6.14. The van der Waals surface area contributed by atoms with Gasteiger partial charge in [0.1, 0.15) is 17.0 Å². The first-order valence-corrected chi connectivity index (χ1v) is 9.17. The molecule has 4 rings (SSSR count). The van der Waals surface area contributed by atoms with Crippen LogP contribution in [0.3, 0.4) is 0 Å². The van der Waals surface area contributed by atoms with Gasteiger partial charge >= 0.3 is 0 Å². The predicted molar refractivity (Wildman–Crippen MR) is 97.5 cm³/mol. The number of halogens is 2. The van der Waals surface area contributed by atoms with Crippen LogP contribution < -0.4 is 10.6 Å². The van der Waals surface area contributed by atoms with Crippen molar-refractivity contribution < 1.29 is 13.6 Å². The monoisotopic (exact) mass is 374 g/mol. The van der Waals surface area contributed by atoms with Gasteiger partial charge in [0, 0.05) is 16.6 Å². The number of nitrogens with one attached hydrogen (secondary N) is 2. The third-order valence-corrected chi connectivity index (χ3v) is 5.57. The lowest BCUT2D eigenvalue weighted by Gasteiger charge is -2.12. The Bertz CT molecular complexity index is 989. The number of aryl methyl sites for hydroxylation is 2. The van der Waals surface area contributed by atoms with E-state index >= 15 is 0 Å². The number of hydrogen-bond donors (Lipinski definition) is 2. The topological polar surface area (TPSA) is 66.9 Å². The summed E-state index contributed by atoms with van der Waals surface area (Å²) in [6, 6.07) is 3.24. The van der Waals surface area contributed by atoms with Crippen LogP contribution in [-0.2, 0) is 17.6 Å². The van der Waals surface area contributed by atoms with E-state index in [1.165, 1.54) is 29.3 Å². The first kappa shape index (κ1) is 16.8. The second-order valence-corrected chi connectivity index (χ2v) is 7.23. The summed E-state index contributed by atoms with van der Waals surface area (Å²) >= 11 is 1.68. The number of thiophene rings is 1. The van der Waals surface area contributed by atoms with Gasteiger partial charge in [0.05, 0.1) is 11.9 Å². The Kier molecular flexibility index (Phi) is 4.50. The lowest BCUT2D eigenvalue weighted by Crippen LogP contribution is -2.22. The zero-order valence-electron chi connectivity index (χ0n) is 13.8. The van der Waals surface area contributed by atoms with Crippen LogP contribution in [0.1, 0.15) is 23.3 Å². The van der Waals surface area contributed by atoms with Crippen LogP contribution in [0.4, 0.5) is 20.3 Å². The first-order valence-electron chi connectivity index (χ1n) is 8.36. The van der Waals surface area contributed by atoms with Crippen molar-refractivity contribution in [2.24, 2.45) is 0 Å². The van der Waals surface area contributed by atoms with Gasteiger partial charge in [-0.05, 0) is 43.4 Å². The van der Waals surface area contributed by atoms with Gasteiger partial charge in [-0.2, -0.15) is 0 Å². The largest absolute Gasteiger partial charge is 0.360 e. The molecule has 1 aliphatic rings. The van der Waals surface area contributed by atoms with Gasteiger partial charge in [-0.1, -0.05) is 0 Å². The molecule has 0 saturated heterocycles. The number of aromatic nitrogens is 2. The third-order valence-electron chi connectivity index (χ3n) is 4.37. The molecule has 8 heteroatoms. The Morgan fingerprint density at radius 2 is 2.00 bits per heavy atom. The van der Waals surface area contributed by atoms with E-state index < -0.39 is 11.6 Å². The SMILES string of the molecule is O=C(CNc1ncnc2sc3c(c12)CCCC3)Nc1ccc(F)c(F)c1. The zero-order chi connectivity index (χ0) is 18.1. The molecule has 0 fully saturated rings. The fraction of sp³-hybridized carbons (Fsp3) is 0.278. The highest BCUT2D eigenvalue weighted by Crippen LogP contribution is 2.38. The summed E-state index contributed by atoms with van der Waals surface area (Å²) < 4.78 is 26.2. The number of benzene rings is 1. The summed E-state index contributed by atoms with van der Waals surface area (Å²) in [6.07, 6.45) is 5.88. The highest BCUT2D eigenvalue weighted by atomic mass is 32.1. The smallest absolute Gasteiger partial charge is 0.243 e. The number of anilines is 2. The summed E-state index contributed by atoms with van der Waals surface area (Å²) in [5.74, 6) is -1.69. The van der Waals surface area contributed by atoms with E-state index in [9.17, 15) is 13.6 Å².